The second-order valence-corrected chi connectivity index (χ2v) is 2.94. The number of hydrogen-bond acceptors (Lipinski definition) is 5. The molecule has 0 aliphatic carbocycles. The number of hydrogen-bond donors (Lipinski definition) is 1. The number of nitrogens with zero attached hydrogens (tertiary/aromatic N) is 3. The molecule has 0 bridgehead atoms. The Hall–Kier alpha value is -0.680. The molecule has 1 aromatic rings. The van der Waals surface area contributed by atoms with Gasteiger partial charge in [0, 0.05) is 25.1 Å². The number of anilines is 1. The maximum atomic E-state index is 5.37. The summed E-state index contributed by atoms with van der Waals surface area (Å²) in [5, 5.41) is 0.938. The summed E-state index contributed by atoms with van der Waals surface area (Å²) in [7, 11) is 1.99. The van der Waals surface area contributed by atoms with Crippen molar-refractivity contribution in [1.82, 2.24) is 9.36 Å². The Kier molecular flexibility index (Phi) is 2.78. The number of nitrogens with two attached hydrogens (primary N) is 1. The lowest BCUT2D eigenvalue weighted by molar-refractivity contribution is 0.916. The van der Waals surface area contributed by atoms with Gasteiger partial charge < -0.3 is 10.6 Å². The fourth-order valence-corrected chi connectivity index (χ4v) is 1.34. The van der Waals surface area contributed by atoms with Crippen molar-refractivity contribution in [2.45, 2.75) is 13.5 Å². The van der Waals surface area contributed by atoms with Gasteiger partial charge in [-0.15, -0.1) is 0 Å². The van der Waals surface area contributed by atoms with Crippen molar-refractivity contribution in [3.8, 4) is 0 Å². The standard InChI is InChI=1S/C6H12N4S/c1-3-10(2)6-8-5(4-7)9-11-6/h3-4,7H2,1-2H3. The third kappa shape index (κ3) is 1.87. The summed E-state index contributed by atoms with van der Waals surface area (Å²) in [5.74, 6) is 0.727. The molecule has 0 spiro atoms. The second-order valence-electron chi connectivity index (χ2n) is 2.21. The van der Waals surface area contributed by atoms with Crippen LogP contribution >= 0.6 is 11.5 Å². The normalized spacial score (nSPS) is 10.1. The quantitative estimate of drug-likeness (QED) is 0.719. The largest absolute Gasteiger partial charge is 0.350 e. The van der Waals surface area contributed by atoms with E-state index < -0.39 is 0 Å². The highest BCUT2D eigenvalue weighted by Crippen LogP contribution is 2.14. The van der Waals surface area contributed by atoms with Crippen molar-refractivity contribution in [1.29, 1.82) is 0 Å². The summed E-state index contributed by atoms with van der Waals surface area (Å²) < 4.78 is 4.07. The van der Waals surface area contributed by atoms with Crippen LogP contribution in [0.15, 0.2) is 0 Å². The first-order chi connectivity index (χ1) is 5.27. The van der Waals surface area contributed by atoms with Crippen LogP contribution in [-0.2, 0) is 6.54 Å². The highest BCUT2D eigenvalue weighted by Gasteiger charge is 2.04. The van der Waals surface area contributed by atoms with Gasteiger partial charge in [-0.05, 0) is 6.92 Å². The predicted octanol–water partition coefficient (Wildman–Crippen LogP) is 0.453. The molecule has 1 aromatic heterocycles. The minimum atomic E-state index is 0.425. The van der Waals surface area contributed by atoms with E-state index in [1.54, 1.807) is 0 Å². The molecular formula is C6H12N4S. The van der Waals surface area contributed by atoms with E-state index in [1.165, 1.54) is 11.5 Å². The van der Waals surface area contributed by atoms with Crippen molar-refractivity contribution < 1.29 is 0 Å². The van der Waals surface area contributed by atoms with E-state index >= 15 is 0 Å². The number of rotatable bonds is 3. The highest BCUT2D eigenvalue weighted by atomic mass is 32.1. The number of aromatic nitrogens is 2. The van der Waals surface area contributed by atoms with Crippen LogP contribution in [0.2, 0.25) is 0 Å². The molecule has 0 saturated heterocycles. The van der Waals surface area contributed by atoms with Crippen LogP contribution in [0.4, 0.5) is 5.13 Å². The van der Waals surface area contributed by atoms with Crippen LogP contribution in [0.1, 0.15) is 12.7 Å². The van der Waals surface area contributed by atoms with E-state index in [2.05, 4.69) is 16.3 Å². The van der Waals surface area contributed by atoms with Gasteiger partial charge in [0.1, 0.15) is 0 Å². The zero-order valence-electron chi connectivity index (χ0n) is 6.74. The van der Waals surface area contributed by atoms with Gasteiger partial charge in [0.05, 0.1) is 6.54 Å². The van der Waals surface area contributed by atoms with Crippen molar-refractivity contribution in [2.24, 2.45) is 5.73 Å². The molecule has 1 rings (SSSR count). The van der Waals surface area contributed by atoms with Gasteiger partial charge in [-0.3, -0.25) is 0 Å². The first-order valence-corrected chi connectivity index (χ1v) is 4.29. The molecule has 0 amide bonds. The molecule has 1 heterocycles. The van der Waals surface area contributed by atoms with Gasteiger partial charge in [0.2, 0.25) is 5.13 Å². The SMILES string of the molecule is CCN(C)c1nc(CN)ns1. The molecule has 62 valence electrons. The zero-order chi connectivity index (χ0) is 8.27. The van der Waals surface area contributed by atoms with Crippen LogP contribution in [0.5, 0.6) is 0 Å². The molecule has 0 saturated carbocycles. The van der Waals surface area contributed by atoms with Crippen LogP contribution in [-0.4, -0.2) is 22.9 Å². The Balaban J connectivity index is 2.71. The smallest absolute Gasteiger partial charge is 0.204 e. The summed E-state index contributed by atoms with van der Waals surface area (Å²) in [5.41, 5.74) is 5.37. The lowest BCUT2D eigenvalue weighted by atomic mass is 10.6. The maximum absolute atomic E-state index is 5.37. The Morgan fingerprint density at radius 2 is 2.36 bits per heavy atom. The molecule has 2 N–H and O–H groups in total. The van der Waals surface area contributed by atoms with Crippen molar-refractivity contribution >= 4 is 16.7 Å². The Labute approximate surface area is 70.2 Å². The van der Waals surface area contributed by atoms with Gasteiger partial charge in [-0.1, -0.05) is 0 Å². The van der Waals surface area contributed by atoms with E-state index in [-0.39, 0.29) is 0 Å². The fraction of sp³-hybridized carbons (Fsp3) is 0.667. The van der Waals surface area contributed by atoms with Gasteiger partial charge in [-0.2, -0.15) is 4.37 Å². The molecule has 0 unspecified atom stereocenters. The van der Waals surface area contributed by atoms with Crippen molar-refractivity contribution in [2.75, 3.05) is 18.5 Å². The molecule has 0 fully saturated rings. The van der Waals surface area contributed by atoms with Gasteiger partial charge >= 0.3 is 0 Å². The lowest BCUT2D eigenvalue weighted by Crippen LogP contribution is -2.15. The predicted molar refractivity (Wildman–Crippen MR) is 46.7 cm³/mol. The average molecular weight is 172 g/mol. The molecule has 5 heteroatoms. The Morgan fingerprint density at radius 1 is 1.64 bits per heavy atom. The van der Waals surface area contributed by atoms with E-state index in [0.717, 1.165) is 17.5 Å². The summed E-state index contributed by atoms with van der Waals surface area (Å²) in [4.78, 5) is 6.25. The van der Waals surface area contributed by atoms with Crippen molar-refractivity contribution in [3.63, 3.8) is 0 Å². The van der Waals surface area contributed by atoms with Crippen LogP contribution < -0.4 is 10.6 Å². The summed E-state index contributed by atoms with van der Waals surface area (Å²) in [6, 6.07) is 0. The first kappa shape index (κ1) is 8.42. The third-order valence-electron chi connectivity index (χ3n) is 1.44. The third-order valence-corrected chi connectivity index (χ3v) is 2.31. The molecule has 0 atom stereocenters. The molecular weight excluding hydrogens is 160 g/mol. The average Bonchev–Trinajstić information content (AvgIpc) is 2.50. The molecule has 4 nitrogen and oxygen atoms in total. The zero-order valence-corrected chi connectivity index (χ0v) is 7.56. The van der Waals surface area contributed by atoms with E-state index in [0.29, 0.717) is 6.54 Å². The van der Waals surface area contributed by atoms with E-state index in [1.807, 2.05) is 11.9 Å². The van der Waals surface area contributed by atoms with Crippen molar-refractivity contribution in [3.05, 3.63) is 5.82 Å². The van der Waals surface area contributed by atoms with Gasteiger partial charge in [0.15, 0.2) is 5.82 Å². The molecule has 0 aliphatic heterocycles. The minimum absolute atomic E-state index is 0.425. The van der Waals surface area contributed by atoms with Crippen LogP contribution in [0.3, 0.4) is 0 Å². The molecule has 0 radical (unpaired) electrons. The molecule has 11 heavy (non-hydrogen) atoms. The lowest BCUT2D eigenvalue weighted by Gasteiger charge is -2.10. The topological polar surface area (TPSA) is 55.0 Å². The Bertz CT molecular complexity index is 222. The highest BCUT2D eigenvalue weighted by molar-refractivity contribution is 7.09. The summed E-state index contributed by atoms with van der Waals surface area (Å²) in [6.07, 6.45) is 0. The monoisotopic (exact) mass is 172 g/mol. The Morgan fingerprint density at radius 3 is 2.82 bits per heavy atom. The second kappa shape index (κ2) is 3.64. The van der Waals surface area contributed by atoms with Gasteiger partial charge in [0.25, 0.3) is 0 Å². The van der Waals surface area contributed by atoms with E-state index in [4.69, 9.17) is 5.73 Å². The summed E-state index contributed by atoms with van der Waals surface area (Å²) >= 11 is 1.39. The van der Waals surface area contributed by atoms with Gasteiger partial charge in [-0.25, -0.2) is 4.98 Å². The van der Waals surface area contributed by atoms with Crippen LogP contribution in [0.25, 0.3) is 0 Å². The minimum Gasteiger partial charge on any atom is -0.350 e. The summed E-state index contributed by atoms with van der Waals surface area (Å²) in [6.45, 7) is 3.44. The van der Waals surface area contributed by atoms with Crippen LogP contribution in [0, 0.1) is 0 Å². The fourth-order valence-electron chi connectivity index (χ4n) is 0.618. The molecule has 0 aromatic carbocycles. The first-order valence-electron chi connectivity index (χ1n) is 3.51. The maximum Gasteiger partial charge on any atom is 0.204 e. The molecule has 0 aliphatic rings. The van der Waals surface area contributed by atoms with E-state index in [9.17, 15) is 0 Å².